The Morgan fingerprint density at radius 3 is 2.76 bits per heavy atom. The Kier molecular flexibility index (Phi) is 4.95. The zero-order valence-corrected chi connectivity index (χ0v) is 13.8. The van der Waals surface area contributed by atoms with Crippen LogP contribution in [0.4, 0.5) is 0 Å². The van der Waals surface area contributed by atoms with E-state index in [1.807, 2.05) is 19.9 Å². The minimum Gasteiger partial charge on any atom is -0.481 e. The van der Waals surface area contributed by atoms with Crippen LogP contribution in [0.15, 0.2) is 22.7 Å². The SMILES string of the molecule is CC(C)C(CC(=O)O)n1nnnc1-c1ccc(Br)c(Cl)c1. The molecule has 6 nitrogen and oxygen atoms in total. The van der Waals surface area contributed by atoms with Crippen molar-refractivity contribution in [2.75, 3.05) is 0 Å². The molecule has 1 N–H and O–H groups in total. The highest BCUT2D eigenvalue weighted by Gasteiger charge is 2.24. The maximum Gasteiger partial charge on any atom is 0.305 e. The van der Waals surface area contributed by atoms with Crippen molar-refractivity contribution < 1.29 is 9.90 Å². The third-order valence-corrected chi connectivity index (χ3v) is 4.37. The minimum absolute atomic E-state index is 0.0417. The summed E-state index contributed by atoms with van der Waals surface area (Å²) in [6.45, 7) is 3.88. The van der Waals surface area contributed by atoms with Crippen LogP contribution in [0.25, 0.3) is 11.4 Å². The molecule has 0 aliphatic carbocycles. The van der Waals surface area contributed by atoms with Crippen molar-refractivity contribution in [3.05, 3.63) is 27.7 Å². The summed E-state index contributed by atoms with van der Waals surface area (Å²) in [5.74, 6) is -0.303. The maximum absolute atomic E-state index is 11.0. The lowest BCUT2D eigenvalue weighted by Crippen LogP contribution is -2.21. The summed E-state index contributed by atoms with van der Waals surface area (Å²) in [7, 11) is 0. The van der Waals surface area contributed by atoms with Crippen LogP contribution in [0.5, 0.6) is 0 Å². The Morgan fingerprint density at radius 2 is 2.19 bits per heavy atom. The van der Waals surface area contributed by atoms with Gasteiger partial charge in [0.15, 0.2) is 5.82 Å². The Balaban J connectivity index is 2.45. The topological polar surface area (TPSA) is 80.9 Å². The van der Waals surface area contributed by atoms with E-state index in [1.54, 1.807) is 16.8 Å². The highest BCUT2D eigenvalue weighted by atomic mass is 79.9. The van der Waals surface area contributed by atoms with E-state index < -0.39 is 5.97 Å². The number of tetrazole rings is 1. The number of carbonyl (C=O) groups is 1. The molecule has 112 valence electrons. The fourth-order valence-electron chi connectivity index (χ4n) is 2.03. The van der Waals surface area contributed by atoms with Gasteiger partial charge in [-0.25, -0.2) is 4.68 Å². The Labute approximate surface area is 135 Å². The average Bonchev–Trinajstić information content (AvgIpc) is 2.87. The lowest BCUT2D eigenvalue weighted by Gasteiger charge is -2.20. The second-order valence-corrected chi connectivity index (χ2v) is 6.25. The number of halogens is 2. The van der Waals surface area contributed by atoms with Crippen molar-refractivity contribution in [1.29, 1.82) is 0 Å². The van der Waals surface area contributed by atoms with Gasteiger partial charge < -0.3 is 5.11 Å². The molecule has 8 heteroatoms. The second-order valence-electron chi connectivity index (χ2n) is 4.99. The van der Waals surface area contributed by atoms with Gasteiger partial charge in [0, 0.05) is 10.0 Å². The lowest BCUT2D eigenvalue weighted by molar-refractivity contribution is -0.138. The number of carboxylic acid groups (broad SMARTS) is 1. The summed E-state index contributed by atoms with van der Waals surface area (Å²) in [5.41, 5.74) is 0.740. The fraction of sp³-hybridized carbons (Fsp3) is 0.385. The number of carboxylic acids is 1. The number of hydrogen-bond donors (Lipinski definition) is 1. The smallest absolute Gasteiger partial charge is 0.305 e. The summed E-state index contributed by atoms with van der Waals surface area (Å²) in [6.07, 6.45) is -0.0417. The van der Waals surface area contributed by atoms with E-state index in [0.717, 1.165) is 10.0 Å². The van der Waals surface area contributed by atoms with Crippen molar-refractivity contribution in [3.63, 3.8) is 0 Å². The van der Waals surface area contributed by atoms with Crippen LogP contribution in [0, 0.1) is 5.92 Å². The summed E-state index contributed by atoms with van der Waals surface area (Å²) >= 11 is 9.42. The van der Waals surface area contributed by atoms with Gasteiger partial charge in [-0.1, -0.05) is 25.4 Å². The molecule has 1 aromatic heterocycles. The van der Waals surface area contributed by atoms with Gasteiger partial charge in [0.1, 0.15) is 0 Å². The Hall–Kier alpha value is -1.47. The van der Waals surface area contributed by atoms with Crippen molar-refractivity contribution >= 4 is 33.5 Å². The van der Waals surface area contributed by atoms with E-state index in [0.29, 0.717) is 10.8 Å². The van der Waals surface area contributed by atoms with E-state index in [2.05, 4.69) is 31.5 Å². The minimum atomic E-state index is -0.885. The number of aromatic nitrogens is 4. The zero-order chi connectivity index (χ0) is 15.6. The van der Waals surface area contributed by atoms with Crippen molar-refractivity contribution in [1.82, 2.24) is 20.2 Å². The molecule has 0 amide bonds. The molecular formula is C13H14BrClN4O2. The number of rotatable bonds is 5. The third-order valence-electron chi connectivity index (χ3n) is 3.14. The second kappa shape index (κ2) is 6.53. The summed E-state index contributed by atoms with van der Waals surface area (Å²) in [4.78, 5) is 11.0. The van der Waals surface area contributed by atoms with Crippen LogP contribution in [0.3, 0.4) is 0 Å². The van der Waals surface area contributed by atoms with E-state index in [1.165, 1.54) is 0 Å². The van der Waals surface area contributed by atoms with Crippen LogP contribution >= 0.6 is 27.5 Å². The summed E-state index contributed by atoms with van der Waals surface area (Å²) in [6, 6.07) is 5.05. The largest absolute Gasteiger partial charge is 0.481 e. The van der Waals surface area contributed by atoms with Crippen LogP contribution in [0.2, 0.25) is 5.02 Å². The maximum atomic E-state index is 11.0. The molecule has 1 heterocycles. The molecule has 1 aromatic carbocycles. The first-order chi connectivity index (χ1) is 9.90. The molecular weight excluding hydrogens is 360 g/mol. The molecule has 21 heavy (non-hydrogen) atoms. The quantitative estimate of drug-likeness (QED) is 0.868. The molecule has 0 radical (unpaired) electrons. The summed E-state index contributed by atoms with van der Waals surface area (Å²) < 4.78 is 2.33. The van der Waals surface area contributed by atoms with Gasteiger partial charge in [0.05, 0.1) is 17.5 Å². The predicted molar refractivity (Wildman–Crippen MR) is 82.1 cm³/mol. The zero-order valence-electron chi connectivity index (χ0n) is 11.5. The number of nitrogens with zero attached hydrogens (tertiary/aromatic N) is 4. The normalized spacial score (nSPS) is 12.6. The standard InChI is InChI=1S/C13H14BrClN4O2/c1-7(2)11(6-12(20)21)19-13(16-17-18-19)8-3-4-9(14)10(15)5-8/h3-5,7,11H,6H2,1-2H3,(H,20,21). The van der Waals surface area contributed by atoms with Gasteiger partial charge in [-0.2, -0.15) is 0 Å². The summed E-state index contributed by atoms with van der Waals surface area (Å²) in [5, 5.41) is 21.2. The van der Waals surface area contributed by atoms with Crippen molar-refractivity contribution in [2.45, 2.75) is 26.3 Å². The van der Waals surface area contributed by atoms with Crippen LogP contribution in [0.1, 0.15) is 26.3 Å². The monoisotopic (exact) mass is 372 g/mol. The van der Waals surface area contributed by atoms with Gasteiger partial charge in [-0.3, -0.25) is 4.79 Å². The Bertz CT molecular complexity index is 659. The fourth-order valence-corrected chi connectivity index (χ4v) is 2.45. The van der Waals surface area contributed by atoms with Gasteiger partial charge in [0.25, 0.3) is 0 Å². The van der Waals surface area contributed by atoms with E-state index in [4.69, 9.17) is 16.7 Å². The molecule has 0 aliphatic heterocycles. The number of benzene rings is 1. The van der Waals surface area contributed by atoms with Gasteiger partial charge in [0.2, 0.25) is 0 Å². The molecule has 0 aliphatic rings. The molecule has 2 rings (SSSR count). The molecule has 0 saturated carbocycles. The third kappa shape index (κ3) is 3.59. The molecule has 0 spiro atoms. The molecule has 0 fully saturated rings. The molecule has 0 bridgehead atoms. The molecule has 1 unspecified atom stereocenters. The van der Waals surface area contributed by atoms with Crippen molar-refractivity contribution in [2.24, 2.45) is 5.92 Å². The van der Waals surface area contributed by atoms with Crippen molar-refractivity contribution in [3.8, 4) is 11.4 Å². The van der Waals surface area contributed by atoms with Crippen LogP contribution < -0.4 is 0 Å². The Morgan fingerprint density at radius 1 is 1.48 bits per heavy atom. The first-order valence-corrected chi connectivity index (χ1v) is 7.52. The first-order valence-electron chi connectivity index (χ1n) is 6.35. The predicted octanol–water partition coefficient (Wildman–Crippen LogP) is 3.43. The van der Waals surface area contributed by atoms with E-state index in [9.17, 15) is 4.79 Å². The van der Waals surface area contributed by atoms with Gasteiger partial charge in [-0.05, 0) is 50.5 Å². The van der Waals surface area contributed by atoms with E-state index >= 15 is 0 Å². The van der Waals surface area contributed by atoms with Crippen LogP contribution in [-0.2, 0) is 4.79 Å². The van der Waals surface area contributed by atoms with Crippen LogP contribution in [-0.4, -0.2) is 31.3 Å². The van der Waals surface area contributed by atoms with Gasteiger partial charge in [-0.15, -0.1) is 5.10 Å². The van der Waals surface area contributed by atoms with E-state index in [-0.39, 0.29) is 18.4 Å². The van der Waals surface area contributed by atoms with Gasteiger partial charge >= 0.3 is 5.97 Å². The first kappa shape index (κ1) is 15.9. The highest BCUT2D eigenvalue weighted by molar-refractivity contribution is 9.10. The molecule has 2 aromatic rings. The highest BCUT2D eigenvalue weighted by Crippen LogP contribution is 2.30. The number of hydrogen-bond acceptors (Lipinski definition) is 4. The number of aliphatic carboxylic acids is 1. The molecule has 1 atom stereocenters. The molecule has 0 saturated heterocycles. The average molecular weight is 374 g/mol. The lowest BCUT2D eigenvalue weighted by atomic mass is 10.0.